The third-order valence-corrected chi connectivity index (χ3v) is 9.00. The van der Waals surface area contributed by atoms with Gasteiger partial charge in [-0.15, -0.1) is 0 Å². The zero-order valence-electron chi connectivity index (χ0n) is 19.5. The second-order valence-electron chi connectivity index (χ2n) is 10.7. The summed E-state index contributed by atoms with van der Waals surface area (Å²) in [6.45, 7) is 0. The van der Waals surface area contributed by atoms with Gasteiger partial charge in [0, 0.05) is 5.92 Å². The van der Waals surface area contributed by atoms with Gasteiger partial charge in [-0.25, -0.2) is 0 Å². The third-order valence-electron chi connectivity index (χ3n) is 9.00. The van der Waals surface area contributed by atoms with Crippen LogP contribution in [0.25, 0.3) is 28.9 Å². The molecule has 0 N–H and O–H groups in total. The van der Waals surface area contributed by atoms with Crippen molar-refractivity contribution < 1.29 is 0 Å². The van der Waals surface area contributed by atoms with Crippen LogP contribution in [0, 0.1) is 5.92 Å². The van der Waals surface area contributed by atoms with Crippen LogP contribution < -0.4 is 10.4 Å². The van der Waals surface area contributed by atoms with Gasteiger partial charge in [-0.1, -0.05) is 90.6 Å². The molecule has 0 saturated carbocycles. The summed E-state index contributed by atoms with van der Waals surface area (Å²) < 4.78 is 0. The molecule has 0 nitrogen and oxygen atoms in total. The van der Waals surface area contributed by atoms with Crippen molar-refractivity contribution >= 4 is 17.7 Å². The highest BCUT2D eigenvalue weighted by Gasteiger charge is 2.34. The predicted octanol–water partition coefficient (Wildman–Crippen LogP) is 6.39. The summed E-state index contributed by atoms with van der Waals surface area (Å²) in [6, 6.07) is 18.8. The van der Waals surface area contributed by atoms with Crippen molar-refractivity contribution in [2.45, 2.75) is 44.4 Å². The Morgan fingerprint density at radius 2 is 1.74 bits per heavy atom. The number of rotatable bonds is 1. The van der Waals surface area contributed by atoms with E-state index in [0.29, 0.717) is 11.8 Å². The fourth-order valence-electron chi connectivity index (χ4n) is 7.44. The van der Waals surface area contributed by atoms with Crippen LogP contribution in [0.1, 0.15) is 58.6 Å². The molecule has 5 aliphatic carbocycles. The van der Waals surface area contributed by atoms with Crippen molar-refractivity contribution in [2.75, 3.05) is 0 Å². The van der Waals surface area contributed by atoms with Gasteiger partial charge in [-0.2, -0.15) is 0 Å². The molecule has 0 saturated heterocycles. The first kappa shape index (κ1) is 19.0. The maximum atomic E-state index is 2.51. The molecule has 0 aromatic heterocycles. The predicted molar refractivity (Wildman–Crippen MR) is 142 cm³/mol. The van der Waals surface area contributed by atoms with E-state index in [1.54, 1.807) is 22.3 Å². The fraction of sp³-hybridized carbons (Fsp3) is 0.235. The second-order valence-corrected chi connectivity index (χ2v) is 10.7. The summed E-state index contributed by atoms with van der Waals surface area (Å²) in [5.41, 5.74) is 15.4. The van der Waals surface area contributed by atoms with E-state index in [1.165, 1.54) is 69.5 Å². The average Bonchev–Trinajstić information content (AvgIpc) is 3.49. The standard InChI is InChI=1S/C34H28/c1-3-8-26-21(6-1)14-15-32-29-11-5-10-27(31(29)17-16-30(26)32)25-19-23-12-13-24-18-22-7-2-4-9-28(22)34(24)33(23)20-25/h2-5,7-13,15-17,25,27H,1,6,14,18-20H2. The van der Waals surface area contributed by atoms with Gasteiger partial charge in [0.2, 0.25) is 0 Å². The number of hydrogen-bond donors (Lipinski definition) is 0. The fourth-order valence-corrected chi connectivity index (χ4v) is 7.44. The highest BCUT2D eigenvalue weighted by atomic mass is 14.4. The summed E-state index contributed by atoms with van der Waals surface area (Å²) in [5.74, 6) is 1.14. The van der Waals surface area contributed by atoms with Crippen molar-refractivity contribution in [2.24, 2.45) is 5.92 Å². The summed E-state index contributed by atoms with van der Waals surface area (Å²) >= 11 is 0. The van der Waals surface area contributed by atoms with Gasteiger partial charge in [-0.05, 0) is 105 Å². The average molecular weight is 437 g/mol. The summed E-state index contributed by atoms with van der Waals surface area (Å²) in [7, 11) is 0. The van der Waals surface area contributed by atoms with Gasteiger partial charge < -0.3 is 0 Å². The molecule has 0 radical (unpaired) electrons. The lowest BCUT2D eigenvalue weighted by molar-refractivity contribution is 0.502. The van der Waals surface area contributed by atoms with E-state index in [0.717, 1.165) is 12.8 Å². The van der Waals surface area contributed by atoms with Crippen LogP contribution in [0.2, 0.25) is 0 Å². The SMILES string of the molecule is C1=CC(C2Cc3ccc4c(c3C2)-c2ccccc2C4)c2ccc3c(c2=C1)=CCC1=C3C=CCC1. The Balaban J connectivity index is 1.20. The van der Waals surface area contributed by atoms with E-state index in [2.05, 4.69) is 85.0 Å². The van der Waals surface area contributed by atoms with Gasteiger partial charge in [0.15, 0.2) is 0 Å². The minimum absolute atomic E-state index is 0.496. The third kappa shape index (κ3) is 2.60. The zero-order valence-corrected chi connectivity index (χ0v) is 19.5. The summed E-state index contributed by atoms with van der Waals surface area (Å²) in [5, 5.41) is 2.95. The quantitative estimate of drug-likeness (QED) is 0.324. The molecular weight excluding hydrogens is 408 g/mol. The number of fused-ring (bicyclic) bond motifs is 9. The first-order valence-electron chi connectivity index (χ1n) is 13.0. The van der Waals surface area contributed by atoms with Gasteiger partial charge >= 0.3 is 0 Å². The molecule has 0 fully saturated rings. The first-order chi connectivity index (χ1) is 16.8. The smallest absolute Gasteiger partial charge is 0.00618 e. The largest absolute Gasteiger partial charge is 0.0836 e. The molecule has 3 aromatic rings. The van der Waals surface area contributed by atoms with Gasteiger partial charge in [0.05, 0.1) is 0 Å². The Hall–Kier alpha value is -3.38. The van der Waals surface area contributed by atoms with Crippen LogP contribution in [0.4, 0.5) is 0 Å². The molecule has 0 heteroatoms. The minimum Gasteiger partial charge on any atom is -0.0836 e. The molecular formula is C34H28. The number of hydrogen-bond acceptors (Lipinski definition) is 0. The molecule has 2 unspecified atom stereocenters. The second kappa shape index (κ2) is 7.06. The lowest BCUT2D eigenvalue weighted by Gasteiger charge is -2.26. The molecule has 2 atom stereocenters. The molecule has 8 rings (SSSR count). The summed E-state index contributed by atoms with van der Waals surface area (Å²) in [4.78, 5) is 0. The van der Waals surface area contributed by atoms with Crippen molar-refractivity contribution in [3.63, 3.8) is 0 Å². The molecule has 0 aliphatic heterocycles. The Kier molecular flexibility index (Phi) is 3.94. The molecule has 0 amide bonds. The van der Waals surface area contributed by atoms with E-state index in [1.807, 2.05) is 0 Å². The number of allylic oxidation sites excluding steroid dienone is 6. The molecule has 34 heavy (non-hydrogen) atoms. The monoisotopic (exact) mass is 436 g/mol. The Morgan fingerprint density at radius 3 is 2.74 bits per heavy atom. The molecule has 3 aromatic carbocycles. The molecule has 0 heterocycles. The normalized spacial score (nSPS) is 22.7. The molecule has 0 spiro atoms. The molecule has 164 valence electrons. The van der Waals surface area contributed by atoms with Crippen LogP contribution in [0.15, 0.2) is 78.4 Å². The Bertz CT molecular complexity index is 1600. The highest BCUT2D eigenvalue weighted by Crippen LogP contribution is 2.46. The van der Waals surface area contributed by atoms with Crippen molar-refractivity contribution in [3.05, 3.63) is 122 Å². The first-order valence-corrected chi connectivity index (χ1v) is 13.0. The van der Waals surface area contributed by atoms with Crippen molar-refractivity contribution in [1.29, 1.82) is 0 Å². The van der Waals surface area contributed by atoms with E-state index in [9.17, 15) is 0 Å². The molecule has 0 bridgehead atoms. The Labute approximate surface area is 201 Å². The van der Waals surface area contributed by atoms with Gasteiger partial charge in [0.1, 0.15) is 0 Å². The van der Waals surface area contributed by atoms with Crippen LogP contribution in [0.3, 0.4) is 0 Å². The lowest BCUT2D eigenvalue weighted by Crippen LogP contribution is -2.36. The van der Waals surface area contributed by atoms with Crippen molar-refractivity contribution in [3.8, 4) is 11.1 Å². The van der Waals surface area contributed by atoms with Crippen LogP contribution in [-0.2, 0) is 19.3 Å². The Morgan fingerprint density at radius 1 is 0.794 bits per heavy atom. The van der Waals surface area contributed by atoms with E-state index in [4.69, 9.17) is 0 Å². The van der Waals surface area contributed by atoms with Crippen LogP contribution in [0.5, 0.6) is 0 Å². The highest BCUT2D eigenvalue weighted by molar-refractivity contribution is 5.82. The molecule has 5 aliphatic rings. The van der Waals surface area contributed by atoms with Gasteiger partial charge in [-0.3, -0.25) is 0 Å². The van der Waals surface area contributed by atoms with Gasteiger partial charge in [0.25, 0.3) is 0 Å². The number of benzene rings is 3. The maximum absolute atomic E-state index is 2.51. The summed E-state index contributed by atoms with van der Waals surface area (Å²) in [6.07, 6.45) is 21.4. The minimum atomic E-state index is 0.496. The van der Waals surface area contributed by atoms with Crippen LogP contribution in [-0.4, -0.2) is 0 Å². The lowest BCUT2D eigenvalue weighted by atomic mass is 9.78. The maximum Gasteiger partial charge on any atom is 0.00618 e. The van der Waals surface area contributed by atoms with Crippen LogP contribution >= 0.6 is 0 Å². The van der Waals surface area contributed by atoms with E-state index < -0.39 is 0 Å². The zero-order chi connectivity index (χ0) is 22.2. The topological polar surface area (TPSA) is 0 Å². The van der Waals surface area contributed by atoms with E-state index in [-0.39, 0.29) is 0 Å². The van der Waals surface area contributed by atoms with E-state index >= 15 is 0 Å². The van der Waals surface area contributed by atoms with Crippen molar-refractivity contribution in [1.82, 2.24) is 0 Å².